The van der Waals surface area contributed by atoms with Gasteiger partial charge in [-0.1, -0.05) is 78.0 Å². The molecule has 2 atom stereocenters. The Bertz CT molecular complexity index is 1130. The van der Waals surface area contributed by atoms with E-state index in [1.807, 2.05) is 60.7 Å². The fourth-order valence-corrected chi connectivity index (χ4v) is 4.47. The highest BCUT2D eigenvalue weighted by atomic mass is 19.3. The van der Waals surface area contributed by atoms with Crippen LogP contribution in [0.1, 0.15) is 36.2 Å². The van der Waals surface area contributed by atoms with Crippen molar-refractivity contribution >= 4 is 6.03 Å². The summed E-state index contributed by atoms with van der Waals surface area (Å²) in [5, 5.41) is 23.8. The van der Waals surface area contributed by atoms with Crippen molar-refractivity contribution in [3.8, 4) is 0 Å². The molecule has 1 saturated heterocycles. The smallest absolute Gasteiger partial charge is 0.320 e. The monoisotopic (exact) mass is 510 g/mol. The highest BCUT2D eigenvalue weighted by Gasteiger charge is 2.38. The van der Waals surface area contributed by atoms with Gasteiger partial charge >= 0.3 is 6.03 Å². The zero-order valence-corrected chi connectivity index (χ0v) is 20.6. The number of aryl methyl sites for hydroxylation is 1. The molecule has 1 aliphatic heterocycles. The van der Waals surface area contributed by atoms with Gasteiger partial charge in [-0.3, -0.25) is 0 Å². The largest absolute Gasteiger partial charge is 0.389 e. The lowest BCUT2D eigenvalue weighted by molar-refractivity contribution is -0.0231. The number of urea groups is 1. The van der Waals surface area contributed by atoms with E-state index in [0.717, 1.165) is 11.1 Å². The maximum absolute atomic E-state index is 14.7. The van der Waals surface area contributed by atoms with Gasteiger partial charge in [0.05, 0.1) is 12.1 Å². The predicted molar refractivity (Wildman–Crippen MR) is 135 cm³/mol. The van der Waals surface area contributed by atoms with Gasteiger partial charge in [-0.2, -0.15) is 5.21 Å². The van der Waals surface area contributed by atoms with Crippen LogP contribution < -0.4 is 0 Å². The lowest BCUT2D eigenvalue weighted by Crippen LogP contribution is -2.37. The number of aromatic amines is 1. The minimum Gasteiger partial charge on any atom is -0.389 e. The number of nitrogens with one attached hydrogen (secondary N) is 1. The maximum Gasteiger partial charge on any atom is 0.320 e. The molecule has 37 heavy (non-hydrogen) atoms. The third kappa shape index (κ3) is 7.91. The molecule has 2 aromatic carbocycles. The van der Waals surface area contributed by atoms with E-state index in [9.17, 15) is 18.7 Å². The van der Waals surface area contributed by atoms with Crippen LogP contribution in [-0.2, 0) is 19.4 Å². The summed E-state index contributed by atoms with van der Waals surface area (Å²) in [4.78, 5) is 16.4. The first-order valence-corrected chi connectivity index (χ1v) is 12.5. The summed E-state index contributed by atoms with van der Waals surface area (Å²) in [5.74, 6) is -2.53. The Morgan fingerprint density at radius 3 is 2.46 bits per heavy atom. The molecular weight excluding hydrogens is 478 g/mol. The molecular formula is C27H32F2N6O2. The van der Waals surface area contributed by atoms with Crippen LogP contribution in [0, 0.1) is 0 Å². The number of rotatable bonds is 13. The minimum atomic E-state index is -2.93. The van der Waals surface area contributed by atoms with Gasteiger partial charge in [0, 0.05) is 45.3 Å². The molecule has 8 nitrogen and oxygen atoms in total. The Balaban J connectivity index is 1.38. The number of halogens is 2. The third-order valence-electron chi connectivity index (χ3n) is 6.43. The minimum absolute atomic E-state index is 0.0802. The molecule has 1 aromatic heterocycles. The van der Waals surface area contributed by atoms with Gasteiger partial charge in [0.25, 0.3) is 0 Å². The molecule has 1 aliphatic rings. The van der Waals surface area contributed by atoms with Gasteiger partial charge < -0.3 is 14.9 Å². The van der Waals surface area contributed by atoms with Crippen LogP contribution in [-0.4, -0.2) is 72.7 Å². The second-order valence-corrected chi connectivity index (χ2v) is 9.34. The number of carbonyl (C=O) groups is 1. The van der Waals surface area contributed by atoms with Crippen LogP contribution in [0.25, 0.3) is 0 Å². The first-order valence-electron chi connectivity index (χ1n) is 12.5. The van der Waals surface area contributed by atoms with Gasteiger partial charge in [0.15, 0.2) is 5.82 Å². The van der Waals surface area contributed by atoms with E-state index in [2.05, 4.69) is 20.6 Å². The molecule has 4 rings (SSSR count). The lowest BCUT2D eigenvalue weighted by atomic mass is 10.1. The zero-order valence-electron chi connectivity index (χ0n) is 20.6. The van der Waals surface area contributed by atoms with Gasteiger partial charge in [-0.25, -0.2) is 13.6 Å². The standard InChI is InChI=1S/C27H32F2N6O2/c28-27(29,15-7-12-25-30-32-33-31-25)16-17-35-23(13-14-24(36)18-21-8-3-1-4-9-21)20-34(26(35)37)19-22-10-5-2-6-11-22/h1-6,8-11,13-14,23-24,36H,7,12,15-20H2,(H,30,31,32,33)/b14-13+/t23-,24?/m0/s1. The third-order valence-corrected chi connectivity index (χ3v) is 6.43. The molecule has 2 N–H and O–H groups in total. The number of aromatic nitrogens is 4. The van der Waals surface area contributed by atoms with Crippen LogP contribution in [0.5, 0.6) is 0 Å². The summed E-state index contributed by atoms with van der Waals surface area (Å²) in [6.45, 7) is 0.684. The number of H-pyrrole nitrogens is 1. The normalized spacial score (nSPS) is 17.2. The maximum atomic E-state index is 14.7. The van der Waals surface area contributed by atoms with E-state index < -0.39 is 24.5 Å². The summed E-state index contributed by atoms with van der Waals surface area (Å²) < 4.78 is 29.4. The number of carbonyl (C=O) groups excluding carboxylic acids is 1. The highest BCUT2D eigenvalue weighted by Crippen LogP contribution is 2.28. The summed E-state index contributed by atoms with van der Waals surface area (Å²) >= 11 is 0. The molecule has 0 aliphatic carbocycles. The average molecular weight is 511 g/mol. The molecule has 10 heteroatoms. The van der Waals surface area contributed by atoms with Crippen molar-refractivity contribution in [2.24, 2.45) is 0 Å². The molecule has 1 unspecified atom stereocenters. The molecule has 0 radical (unpaired) electrons. The summed E-state index contributed by atoms with van der Waals surface area (Å²) in [7, 11) is 0. The number of nitrogens with zero attached hydrogens (tertiary/aromatic N) is 5. The summed E-state index contributed by atoms with van der Waals surface area (Å²) in [6, 6.07) is 18.5. The number of aliphatic hydroxyl groups excluding tert-OH is 1. The summed E-state index contributed by atoms with van der Waals surface area (Å²) in [6.07, 6.45) is 2.88. The molecule has 0 saturated carbocycles. The van der Waals surface area contributed by atoms with Gasteiger partial charge in [0.1, 0.15) is 0 Å². The topological polar surface area (TPSA) is 98.2 Å². The molecule has 0 spiro atoms. The molecule has 3 aromatic rings. The number of hydrogen-bond acceptors (Lipinski definition) is 5. The molecule has 196 valence electrons. The highest BCUT2D eigenvalue weighted by molar-refractivity contribution is 5.77. The van der Waals surface area contributed by atoms with Crippen molar-refractivity contribution in [2.45, 2.75) is 56.7 Å². The fourth-order valence-electron chi connectivity index (χ4n) is 4.47. The quantitative estimate of drug-likeness (QED) is 0.339. The molecule has 0 bridgehead atoms. The Morgan fingerprint density at radius 1 is 1.08 bits per heavy atom. The first kappa shape index (κ1) is 26.4. The Kier molecular flexibility index (Phi) is 8.95. The van der Waals surface area contributed by atoms with Crippen molar-refractivity contribution in [1.29, 1.82) is 0 Å². The number of hydrogen-bond donors (Lipinski definition) is 2. The number of amides is 2. The SMILES string of the molecule is O=C1N(Cc2ccccc2)C[C@H](/C=C/C(O)Cc2ccccc2)N1CCC(F)(F)CCCc1nn[nH]n1. The van der Waals surface area contributed by atoms with E-state index in [0.29, 0.717) is 31.8 Å². The number of alkyl halides is 2. The predicted octanol–water partition coefficient (Wildman–Crippen LogP) is 4.01. The lowest BCUT2D eigenvalue weighted by Gasteiger charge is -2.24. The van der Waals surface area contributed by atoms with Gasteiger partial charge in [-0.05, 0) is 17.5 Å². The number of aliphatic hydroxyl groups is 1. The van der Waals surface area contributed by atoms with Gasteiger partial charge in [0.2, 0.25) is 5.92 Å². The van der Waals surface area contributed by atoms with Crippen molar-refractivity contribution in [2.75, 3.05) is 13.1 Å². The van der Waals surface area contributed by atoms with Crippen molar-refractivity contribution in [3.63, 3.8) is 0 Å². The molecule has 2 heterocycles. The zero-order chi connectivity index (χ0) is 26.1. The van der Waals surface area contributed by atoms with E-state index >= 15 is 0 Å². The van der Waals surface area contributed by atoms with E-state index in [-0.39, 0.29) is 25.4 Å². The van der Waals surface area contributed by atoms with E-state index in [4.69, 9.17) is 0 Å². The Morgan fingerprint density at radius 2 is 1.78 bits per heavy atom. The van der Waals surface area contributed by atoms with Crippen LogP contribution in [0.2, 0.25) is 0 Å². The average Bonchev–Trinajstić information content (AvgIpc) is 3.51. The number of tetrazole rings is 1. The number of benzene rings is 2. The summed E-state index contributed by atoms with van der Waals surface area (Å²) in [5.41, 5.74) is 1.96. The second-order valence-electron chi connectivity index (χ2n) is 9.34. The van der Waals surface area contributed by atoms with E-state index in [1.54, 1.807) is 17.1 Å². The van der Waals surface area contributed by atoms with Gasteiger partial charge in [-0.15, -0.1) is 10.2 Å². The molecule has 2 amide bonds. The van der Waals surface area contributed by atoms with Crippen LogP contribution in [0.15, 0.2) is 72.8 Å². The van der Waals surface area contributed by atoms with Crippen LogP contribution in [0.4, 0.5) is 13.6 Å². The second kappa shape index (κ2) is 12.5. The van der Waals surface area contributed by atoms with Crippen molar-refractivity contribution in [3.05, 3.63) is 89.8 Å². The Labute approximate surface area is 215 Å². The van der Waals surface area contributed by atoms with E-state index in [1.165, 1.54) is 4.90 Å². The first-order chi connectivity index (χ1) is 17.9. The molecule has 1 fully saturated rings. The Hall–Kier alpha value is -3.66. The fraction of sp³-hybridized carbons (Fsp3) is 0.407. The van der Waals surface area contributed by atoms with Crippen molar-refractivity contribution in [1.82, 2.24) is 30.4 Å². The van der Waals surface area contributed by atoms with Crippen LogP contribution in [0.3, 0.4) is 0 Å². The van der Waals surface area contributed by atoms with Crippen molar-refractivity contribution < 1.29 is 18.7 Å². The van der Waals surface area contributed by atoms with Crippen LogP contribution >= 0.6 is 0 Å².